The van der Waals surface area contributed by atoms with Crippen molar-refractivity contribution in [2.75, 3.05) is 0 Å². The lowest BCUT2D eigenvalue weighted by Crippen LogP contribution is -2.25. The second kappa shape index (κ2) is 8.48. The summed E-state index contributed by atoms with van der Waals surface area (Å²) in [5.74, 6) is -1.22. The van der Waals surface area contributed by atoms with E-state index in [9.17, 15) is 9.90 Å². The van der Waals surface area contributed by atoms with Crippen molar-refractivity contribution in [1.29, 1.82) is 0 Å². The molecule has 0 saturated carbocycles. The predicted octanol–water partition coefficient (Wildman–Crippen LogP) is 2.69. The SMILES string of the molecule is CCC[C@H](C(=O)O)[C@H](Cc1ccc(-c2ccc3c(c2)CNC3)nc1)c1nnn[nH]1. The van der Waals surface area contributed by atoms with Gasteiger partial charge in [0.1, 0.15) is 0 Å². The van der Waals surface area contributed by atoms with Crippen molar-refractivity contribution in [2.24, 2.45) is 5.92 Å². The van der Waals surface area contributed by atoms with E-state index in [-0.39, 0.29) is 5.92 Å². The second-order valence-corrected chi connectivity index (χ2v) is 7.47. The van der Waals surface area contributed by atoms with E-state index in [1.54, 1.807) is 0 Å². The minimum Gasteiger partial charge on any atom is -0.481 e. The molecule has 0 bridgehead atoms. The molecule has 0 saturated heterocycles. The fourth-order valence-corrected chi connectivity index (χ4v) is 3.98. The minimum absolute atomic E-state index is 0.332. The Balaban J connectivity index is 1.56. The average molecular weight is 392 g/mol. The van der Waals surface area contributed by atoms with Crippen molar-refractivity contribution in [3.63, 3.8) is 0 Å². The van der Waals surface area contributed by atoms with Crippen LogP contribution in [0.3, 0.4) is 0 Å². The molecule has 1 aliphatic heterocycles. The van der Waals surface area contributed by atoms with E-state index >= 15 is 0 Å². The van der Waals surface area contributed by atoms with Crippen LogP contribution in [0.1, 0.15) is 48.2 Å². The first kappa shape index (κ1) is 19.2. The lowest BCUT2D eigenvalue weighted by Gasteiger charge is -2.21. The lowest BCUT2D eigenvalue weighted by molar-refractivity contribution is -0.142. The molecular formula is C21H24N6O2. The third-order valence-electron chi connectivity index (χ3n) is 5.53. The molecule has 0 unspecified atom stereocenters. The van der Waals surface area contributed by atoms with E-state index in [0.29, 0.717) is 18.7 Å². The highest BCUT2D eigenvalue weighted by atomic mass is 16.4. The number of hydrogen-bond donors (Lipinski definition) is 3. The number of carboxylic acids is 1. The Morgan fingerprint density at radius 1 is 1.21 bits per heavy atom. The number of tetrazole rings is 1. The Hall–Kier alpha value is -3.13. The average Bonchev–Trinajstić information content (AvgIpc) is 3.42. The third kappa shape index (κ3) is 4.17. The molecule has 4 rings (SSSR count). The number of aromatic nitrogens is 5. The highest BCUT2D eigenvalue weighted by Gasteiger charge is 2.31. The number of H-pyrrole nitrogens is 1. The highest BCUT2D eigenvalue weighted by Crippen LogP contribution is 2.30. The standard InChI is InChI=1S/C21H24N6O2/c1-2-3-17(21(28)29)18(20-24-26-27-25-20)8-13-4-7-19(23-10-13)14-5-6-15-11-22-12-16(15)9-14/h4-7,9-10,17-18,22H,2-3,8,11-12H2,1H3,(H,28,29)(H,24,25,26,27)/t17-,18-/m0/s1. The van der Waals surface area contributed by atoms with Crippen molar-refractivity contribution in [3.05, 3.63) is 59.0 Å². The number of benzene rings is 1. The summed E-state index contributed by atoms with van der Waals surface area (Å²) < 4.78 is 0. The number of fused-ring (bicyclic) bond motifs is 1. The Kier molecular flexibility index (Phi) is 5.62. The molecule has 3 N–H and O–H groups in total. The van der Waals surface area contributed by atoms with E-state index in [0.717, 1.165) is 36.3 Å². The van der Waals surface area contributed by atoms with Gasteiger partial charge in [0.05, 0.1) is 11.6 Å². The predicted molar refractivity (Wildman–Crippen MR) is 107 cm³/mol. The molecule has 2 aromatic heterocycles. The molecule has 1 aliphatic rings. The van der Waals surface area contributed by atoms with Crippen LogP contribution < -0.4 is 5.32 Å². The number of pyridine rings is 1. The number of aromatic amines is 1. The van der Waals surface area contributed by atoms with Gasteiger partial charge >= 0.3 is 5.97 Å². The summed E-state index contributed by atoms with van der Waals surface area (Å²) in [4.78, 5) is 16.5. The molecule has 0 radical (unpaired) electrons. The smallest absolute Gasteiger partial charge is 0.307 e. The van der Waals surface area contributed by atoms with E-state index in [2.05, 4.69) is 49.1 Å². The molecule has 2 atom stereocenters. The van der Waals surface area contributed by atoms with Gasteiger partial charge in [0.15, 0.2) is 5.82 Å². The Bertz CT molecular complexity index is 971. The molecule has 0 amide bonds. The maximum absolute atomic E-state index is 11.8. The lowest BCUT2D eigenvalue weighted by atomic mass is 9.83. The van der Waals surface area contributed by atoms with Gasteiger partial charge in [-0.05, 0) is 52.1 Å². The van der Waals surface area contributed by atoms with Crippen molar-refractivity contribution >= 4 is 5.97 Å². The van der Waals surface area contributed by atoms with Gasteiger partial charge in [-0.1, -0.05) is 31.5 Å². The van der Waals surface area contributed by atoms with Gasteiger partial charge in [-0.15, -0.1) is 5.10 Å². The molecule has 3 aromatic rings. The fraction of sp³-hybridized carbons (Fsp3) is 0.381. The van der Waals surface area contributed by atoms with Crippen molar-refractivity contribution < 1.29 is 9.90 Å². The summed E-state index contributed by atoms with van der Waals surface area (Å²) in [6, 6.07) is 10.4. The second-order valence-electron chi connectivity index (χ2n) is 7.47. The van der Waals surface area contributed by atoms with Crippen LogP contribution in [0, 0.1) is 5.92 Å². The van der Waals surface area contributed by atoms with Crippen molar-refractivity contribution in [2.45, 2.75) is 45.2 Å². The first-order chi connectivity index (χ1) is 14.2. The maximum Gasteiger partial charge on any atom is 0.307 e. The molecule has 0 aliphatic carbocycles. The number of rotatable bonds is 8. The van der Waals surface area contributed by atoms with Crippen LogP contribution in [-0.4, -0.2) is 36.7 Å². The van der Waals surface area contributed by atoms with Gasteiger partial charge < -0.3 is 10.4 Å². The summed E-state index contributed by atoms with van der Waals surface area (Å²) in [7, 11) is 0. The fourth-order valence-electron chi connectivity index (χ4n) is 3.98. The molecule has 0 fully saturated rings. The molecule has 3 heterocycles. The van der Waals surface area contributed by atoms with Gasteiger partial charge in [-0.3, -0.25) is 9.78 Å². The highest BCUT2D eigenvalue weighted by molar-refractivity contribution is 5.71. The van der Waals surface area contributed by atoms with Crippen LogP contribution in [0.2, 0.25) is 0 Å². The number of nitrogens with zero attached hydrogens (tertiary/aromatic N) is 4. The van der Waals surface area contributed by atoms with Gasteiger partial charge in [0.25, 0.3) is 0 Å². The van der Waals surface area contributed by atoms with Crippen molar-refractivity contribution in [1.82, 2.24) is 30.9 Å². The summed E-state index contributed by atoms with van der Waals surface area (Å²) in [5, 5.41) is 27.1. The first-order valence-corrected chi connectivity index (χ1v) is 9.90. The van der Waals surface area contributed by atoms with E-state index in [1.165, 1.54) is 11.1 Å². The molecular weight excluding hydrogens is 368 g/mol. The molecule has 0 spiro atoms. The zero-order chi connectivity index (χ0) is 20.2. The third-order valence-corrected chi connectivity index (χ3v) is 5.53. The van der Waals surface area contributed by atoms with E-state index in [4.69, 9.17) is 0 Å². The van der Waals surface area contributed by atoms with Crippen LogP contribution in [0.25, 0.3) is 11.3 Å². The minimum atomic E-state index is -0.829. The summed E-state index contributed by atoms with van der Waals surface area (Å²) in [6.07, 6.45) is 3.67. The van der Waals surface area contributed by atoms with Crippen LogP contribution in [-0.2, 0) is 24.3 Å². The summed E-state index contributed by atoms with van der Waals surface area (Å²) in [6.45, 7) is 3.79. The number of hydrogen-bond acceptors (Lipinski definition) is 6. The van der Waals surface area contributed by atoms with Gasteiger partial charge in [0.2, 0.25) is 0 Å². The number of aliphatic carboxylic acids is 1. The summed E-state index contributed by atoms with van der Waals surface area (Å²) >= 11 is 0. The first-order valence-electron chi connectivity index (χ1n) is 9.90. The van der Waals surface area contributed by atoms with Crippen molar-refractivity contribution in [3.8, 4) is 11.3 Å². The summed E-state index contributed by atoms with van der Waals surface area (Å²) in [5.41, 5.74) is 5.61. The maximum atomic E-state index is 11.8. The quantitative estimate of drug-likeness (QED) is 0.539. The molecule has 1 aromatic carbocycles. The molecule has 150 valence electrons. The van der Waals surface area contributed by atoms with E-state index < -0.39 is 11.9 Å². The molecule has 8 nitrogen and oxygen atoms in total. The van der Waals surface area contributed by atoms with Gasteiger partial charge in [-0.2, -0.15) is 0 Å². The Morgan fingerprint density at radius 2 is 2.07 bits per heavy atom. The van der Waals surface area contributed by atoms with Gasteiger partial charge in [0, 0.05) is 30.8 Å². The molecule has 8 heteroatoms. The monoisotopic (exact) mass is 392 g/mol. The molecule has 29 heavy (non-hydrogen) atoms. The largest absolute Gasteiger partial charge is 0.481 e. The Morgan fingerprint density at radius 3 is 2.76 bits per heavy atom. The normalized spacial score (nSPS) is 15.1. The zero-order valence-corrected chi connectivity index (χ0v) is 16.3. The van der Waals surface area contributed by atoms with Gasteiger partial charge in [-0.25, -0.2) is 5.10 Å². The Labute approximate surface area is 168 Å². The van der Waals surface area contributed by atoms with Crippen LogP contribution >= 0.6 is 0 Å². The van der Waals surface area contributed by atoms with Crippen LogP contribution in [0.4, 0.5) is 0 Å². The number of carboxylic acid groups (broad SMARTS) is 1. The zero-order valence-electron chi connectivity index (χ0n) is 16.3. The van der Waals surface area contributed by atoms with Crippen LogP contribution in [0.5, 0.6) is 0 Å². The topological polar surface area (TPSA) is 117 Å². The van der Waals surface area contributed by atoms with Crippen LogP contribution in [0.15, 0.2) is 36.5 Å². The number of carbonyl (C=O) groups is 1. The van der Waals surface area contributed by atoms with E-state index in [1.807, 2.05) is 25.3 Å². The number of nitrogens with one attached hydrogen (secondary N) is 2.